The molecule has 3 rings (SSSR count). The number of H-pyrrole nitrogens is 2. The van der Waals surface area contributed by atoms with Gasteiger partial charge in [0.1, 0.15) is 11.4 Å². The number of rotatable bonds is 2. The van der Waals surface area contributed by atoms with Gasteiger partial charge in [-0.15, -0.1) is 0 Å². The lowest BCUT2D eigenvalue weighted by Gasteiger charge is -2.08. The summed E-state index contributed by atoms with van der Waals surface area (Å²) < 4.78 is 0. The smallest absolute Gasteiger partial charge is 0.252 e. The minimum absolute atomic E-state index is 0.00892. The van der Waals surface area contributed by atoms with Crippen LogP contribution in [0, 0.1) is 0 Å². The average molecular weight is 255 g/mol. The van der Waals surface area contributed by atoms with Gasteiger partial charge in [-0.25, -0.2) is 4.98 Å². The maximum Gasteiger partial charge on any atom is 0.252 e. The highest BCUT2D eigenvalue weighted by Gasteiger charge is 2.12. The number of hydrogen-bond donors (Lipinski definition) is 3. The number of hydrogen-bond acceptors (Lipinski definition) is 3. The lowest BCUT2D eigenvalue weighted by atomic mass is 10.1. The molecule has 0 unspecified atom stereocenters. The Labute approximate surface area is 109 Å². The normalized spacial score (nSPS) is 11.0. The van der Waals surface area contributed by atoms with Crippen LogP contribution in [0.3, 0.4) is 0 Å². The van der Waals surface area contributed by atoms with E-state index in [0.29, 0.717) is 23.4 Å². The summed E-state index contributed by atoms with van der Waals surface area (Å²) >= 11 is 0. The maximum atomic E-state index is 11.5. The van der Waals surface area contributed by atoms with Gasteiger partial charge in [0.25, 0.3) is 5.56 Å². The SMILES string of the molecule is CCc1c(O)cc(=O)[nH]c1-c1ccc2cc[nH]c2n1. The molecule has 0 aromatic carbocycles. The molecule has 0 aliphatic heterocycles. The van der Waals surface area contributed by atoms with Crippen LogP contribution < -0.4 is 5.56 Å². The average Bonchev–Trinajstić information content (AvgIpc) is 2.85. The molecule has 3 aromatic rings. The molecule has 0 aliphatic carbocycles. The van der Waals surface area contributed by atoms with E-state index in [9.17, 15) is 9.90 Å². The molecule has 0 radical (unpaired) electrons. The Kier molecular flexibility index (Phi) is 2.59. The summed E-state index contributed by atoms with van der Waals surface area (Å²) in [5.74, 6) is 0.00892. The number of nitrogens with zero attached hydrogens (tertiary/aromatic N) is 1. The van der Waals surface area contributed by atoms with Crippen LogP contribution in [0.4, 0.5) is 0 Å². The van der Waals surface area contributed by atoms with E-state index < -0.39 is 0 Å². The maximum absolute atomic E-state index is 11.5. The van der Waals surface area contributed by atoms with Crippen molar-refractivity contribution >= 4 is 11.0 Å². The van der Waals surface area contributed by atoms with Gasteiger partial charge < -0.3 is 15.1 Å². The fourth-order valence-electron chi connectivity index (χ4n) is 2.22. The number of fused-ring (bicyclic) bond motifs is 1. The fraction of sp³-hybridized carbons (Fsp3) is 0.143. The van der Waals surface area contributed by atoms with E-state index in [1.165, 1.54) is 6.07 Å². The number of pyridine rings is 2. The second kappa shape index (κ2) is 4.28. The zero-order chi connectivity index (χ0) is 13.4. The number of aromatic nitrogens is 3. The molecule has 3 heterocycles. The standard InChI is InChI=1S/C14H13N3O2/c1-2-9-11(18)7-12(19)17-13(9)10-4-3-8-5-6-15-14(8)16-10/h3-7H,2H2,1H3,(H,15,16)(H2,17,18,19). The minimum Gasteiger partial charge on any atom is -0.507 e. The van der Waals surface area contributed by atoms with E-state index in [0.717, 1.165) is 11.0 Å². The highest BCUT2D eigenvalue weighted by molar-refractivity contribution is 5.79. The van der Waals surface area contributed by atoms with Crippen molar-refractivity contribution in [3.63, 3.8) is 0 Å². The lowest BCUT2D eigenvalue weighted by molar-refractivity contribution is 0.467. The highest BCUT2D eigenvalue weighted by Crippen LogP contribution is 2.26. The van der Waals surface area contributed by atoms with Crippen molar-refractivity contribution in [1.29, 1.82) is 0 Å². The van der Waals surface area contributed by atoms with Crippen LogP contribution in [-0.4, -0.2) is 20.1 Å². The lowest BCUT2D eigenvalue weighted by Crippen LogP contribution is -2.08. The molecule has 19 heavy (non-hydrogen) atoms. The van der Waals surface area contributed by atoms with Gasteiger partial charge in [0, 0.05) is 23.2 Å². The highest BCUT2D eigenvalue weighted by atomic mass is 16.3. The van der Waals surface area contributed by atoms with Gasteiger partial charge in [-0.3, -0.25) is 4.79 Å². The van der Waals surface area contributed by atoms with Crippen molar-refractivity contribution in [2.24, 2.45) is 0 Å². The second-order valence-electron chi connectivity index (χ2n) is 4.34. The van der Waals surface area contributed by atoms with Crippen molar-refractivity contribution < 1.29 is 5.11 Å². The zero-order valence-electron chi connectivity index (χ0n) is 10.4. The van der Waals surface area contributed by atoms with Crippen LogP contribution in [0.2, 0.25) is 0 Å². The molecule has 3 aromatic heterocycles. The van der Waals surface area contributed by atoms with Crippen molar-refractivity contribution in [2.75, 3.05) is 0 Å². The van der Waals surface area contributed by atoms with E-state index in [1.807, 2.05) is 31.3 Å². The largest absolute Gasteiger partial charge is 0.507 e. The van der Waals surface area contributed by atoms with Crippen LogP contribution in [0.15, 0.2) is 35.3 Å². The zero-order valence-corrected chi connectivity index (χ0v) is 10.4. The van der Waals surface area contributed by atoms with Gasteiger partial charge in [0.2, 0.25) is 0 Å². The summed E-state index contributed by atoms with van der Waals surface area (Å²) in [6, 6.07) is 6.88. The Morgan fingerprint density at radius 1 is 1.32 bits per heavy atom. The van der Waals surface area contributed by atoms with Crippen LogP contribution in [0.1, 0.15) is 12.5 Å². The first-order valence-electron chi connectivity index (χ1n) is 6.08. The molecule has 0 amide bonds. The van der Waals surface area contributed by atoms with Gasteiger partial charge in [-0.05, 0) is 24.6 Å². The van der Waals surface area contributed by atoms with Crippen LogP contribution >= 0.6 is 0 Å². The first-order valence-corrected chi connectivity index (χ1v) is 6.08. The van der Waals surface area contributed by atoms with E-state index in [-0.39, 0.29) is 11.3 Å². The van der Waals surface area contributed by atoms with Gasteiger partial charge in [-0.2, -0.15) is 0 Å². The fourth-order valence-corrected chi connectivity index (χ4v) is 2.22. The Morgan fingerprint density at radius 3 is 2.95 bits per heavy atom. The molecule has 0 fully saturated rings. The molecule has 0 bridgehead atoms. The van der Waals surface area contributed by atoms with E-state index in [2.05, 4.69) is 15.0 Å². The predicted octanol–water partition coefficient (Wildman–Crippen LogP) is 2.19. The predicted molar refractivity (Wildman–Crippen MR) is 73.2 cm³/mol. The topological polar surface area (TPSA) is 81.8 Å². The van der Waals surface area contributed by atoms with Gasteiger partial charge >= 0.3 is 0 Å². The Hall–Kier alpha value is -2.56. The number of nitrogens with one attached hydrogen (secondary N) is 2. The summed E-state index contributed by atoms with van der Waals surface area (Å²) in [5, 5.41) is 10.9. The molecule has 0 atom stereocenters. The quantitative estimate of drug-likeness (QED) is 0.656. The van der Waals surface area contributed by atoms with Crippen LogP contribution in [-0.2, 0) is 6.42 Å². The molecular weight excluding hydrogens is 242 g/mol. The third-order valence-electron chi connectivity index (χ3n) is 3.15. The molecule has 5 nitrogen and oxygen atoms in total. The van der Waals surface area contributed by atoms with Crippen molar-refractivity contribution in [1.82, 2.24) is 15.0 Å². The first kappa shape index (κ1) is 11.5. The third-order valence-corrected chi connectivity index (χ3v) is 3.15. The molecule has 96 valence electrons. The molecular formula is C14H13N3O2. The van der Waals surface area contributed by atoms with E-state index in [4.69, 9.17) is 0 Å². The summed E-state index contributed by atoms with van der Waals surface area (Å²) in [7, 11) is 0. The van der Waals surface area contributed by atoms with Crippen molar-refractivity contribution in [3.8, 4) is 17.1 Å². The third kappa shape index (κ3) is 1.89. The number of aromatic amines is 2. The molecule has 5 heteroatoms. The van der Waals surface area contributed by atoms with Gasteiger partial charge in [-0.1, -0.05) is 6.92 Å². The Balaban J connectivity index is 2.27. The molecule has 3 N–H and O–H groups in total. The van der Waals surface area contributed by atoms with E-state index in [1.54, 1.807) is 0 Å². The first-order chi connectivity index (χ1) is 9.19. The van der Waals surface area contributed by atoms with E-state index >= 15 is 0 Å². The summed E-state index contributed by atoms with van der Waals surface area (Å²) in [5.41, 5.74) is 2.32. The van der Waals surface area contributed by atoms with Crippen molar-refractivity contribution in [2.45, 2.75) is 13.3 Å². The minimum atomic E-state index is -0.335. The van der Waals surface area contributed by atoms with Crippen LogP contribution in [0.5, 0.6) is 5.75 Å². The number of aromatic hydroxyl groups is 1. The molecule has 0 saturated carbocycles. The molecule has 0 spiro atoms. The summed E-state index contributed by atoms with van der Waals surface area (Å²) in [6.45, 7) is 1.92. The Bertz CT molecular complexity index is 802. The summed E-state index contributed by atoms with van der Waals surface area (Å²) in [6.07, 6.45) is 2.43. The molecule has 0 saturated heterocycles. The molecule has 0 aliphatic rings. The second-order valence-corrected chi connectivity index (χ2v) is 4.34. The Morgan fingerprint density at radius 2 is 2.16 bits per heavy atom. The van der Waals surface area contributed by atoms with Gasteiger partial charge in [0.15, 0.2) is 0 Å². The van der Waals surface area contributed by atoms with Crippen LogP contribution in [0.25, 0.3) is 22.4 Å². The van der Waals surface area contributed by atoms with Gasteiger partial charge in [0.05, 0.1) is 11.4 Å². The summed E-state index contributed by atoms with van der Waals surface area (Å²) in [4.78, 5) is 21.8. The van der Waals surface area contributed by atoms with Crippen molar-refractivity contribution in [3.05, 3.63) is 46.4 Å². The monoisotopic (exact) mass is 255 g/mol.